The summed E-state index contributed by atoms with van der Waals surface area (Å²) in [5.74, 6) is -0.483. The number of carbonyl (C=O) groups excluding carboxylic acids is 1. The first kappa shape index (κ1) is 12.9. The zero-order valence-corrected chi connectivity index (χ0v) is 11.0. The van der Waals surface area contributed by atoms with Crippen LogP contribution < -0.4 is 4.90 Å². The Morgan fingerprint density at radius 2 is 2.22 bits per heavy atom. The lowest BCUT2D eigenvalue weighted by Crippen LogP contribution is -2.39. The second kappa shape index (κ2) is 4.59. The fourth-order valence-electron chi connectivity index (χ4n) is 2.40. The highest BCUT2D eigenvalue weighted by Crippen LogP contribution is 2.32. The Hall–Kier alpha value is -1.58. The fourth-order valence-corrected chi connectivity index (χ4v) is 2.40. The molecular weight excluding hydrogens is 233 g/mol. The molecule has 0 radical (unpaired) electrons. The summed E-state index contributed by atoms with van der Waals surface area (Å²) in [7, 11) is 1.39. The van der Waals surface area contributed by atoms with Crippen LogP contribution >= 0.6 is 0 Å². The van der Waals surface area contributed by atoms with E-state index < -0.39 is 5.41 Å². The average Bonchev–Trinajstić information content (AvgIpc) is 2.70. The molecule has 0 bridgehead atoms. The van der Waals surface area contributed by atoms with Gasteiger partial charge in [-0.3, -0.25) is 4.79 Å². The van der Waals surface area contributed by atoms with Crippen LogP contribution in [0.4, 0.5) is 10.1 Å². The normalized spacial score (nSPS) is 14.6. The lowest BCUT2D eigenvalue weighted by atomic mass is 9.93. The zero-order chi connectivity index (χ0) is 13.3. The summed E-state index contributed by atoms with van der Waals surface area (Å²) in [6, 6.07) is 4.83. The number of esters is 1. The van der Waals surface area contributed by atoms with Crippen molar-refractivity contribution in [3.05, 3.63) is 29.6 Å². The molecule has 0 amide bonds. The maximum atomic E-state index is 13.3. The minimum Gasteiger partial charge on any atom is -0.469 e. The van der Waals surface area contributed by atoms with Gasteiger partial charge in [0.1, 0.15) is 5.82 Å². The number of hydrogen-bond donors (Lipinski definition) is 0. The maximum absolute atomic E-state index is 13.3. The van der Waals surface area contributed by atoms with Crippen molar-refractivity contribution in [1.82, 2.24) is 0 Å². The molecule has 1 aromatic carbocycles. The number of nitrogens with zero attached hydrogens (tertiary/aromatic N) is 1. The van der Waals surface area contributed by atoms with E-state index in [1.807, 2.05) is 19.9 Å². The smallest absolute Gasteiger partial charge is 0.313 e. The number of rotatable bonds is 3. The van der Waals surface area contributed by atoms with Crippen LogP contribution in [0, 0.1) is 11.2 Å². The predicted octanol–water partition coefficient (Wildman–Crippen LogP) is 2.39. The molecule has 0 saturated carbocycles. The van der Waals surface area contributed by atoms with E-state index in [1.165, 1.54) is 19.2 Å². The van der Waals surface area contributed by atoms with Crippen molar-refractivity contribution in [3.8, 4) is 0 Å². The molecule has 98 valence electrons. The van der Waals surface area contributed by atoms with Gasteiger partial charge in [-0.15, -0.1) is 0 Å². The van der Waals surface area contributed by atoms with Gasteiger partial charge in [0.2, 0.25) is 0 Å². The predicted molar refractivity (Wildman–Crippen MR) is 68.1 cm³/mol. The number of anilines is 1. The summed E-state index contributed by atoms with van der Waals surface area (Å²) >= 11 is 0. The molecule has 18 heavy (non-hydrogen) atoms. The van der Waals surface area contributed by atoms with Crippen molar-refractivity contribution in [2.24, 2.45) is 5.41 Å². The lowest BCUT2D eigenvalue weighted by Gasteiger charge is -2.29. The van der Waals surface area contributed by atoms with Crippen molar-refractivity contribution in [3.63, 3.8) is 0 Å². The molecule has 0 fully saturated rings. The van der Waals surface area contributed by atoms with Gasteiger partial charge in [-0.05, 0) is 38.0 Å². The Labute approximate surface area is 107 Å². The van der Waals surface area contributed by atoms with E-state index >= 15 is 0 Å². The van der Waals surface area contributed by atoms with Crippen LogP contribution in [0.15, 0.2) is 18.2 Å². The monoisotopic (exact) mass is 251 g/mol. The highest BCUT2D eigenvalue weighted by molar-refractivity contribution is 5.77. The van der Waals surface area contributed by atoms with Crippen LogP contribution in [-0.4, -0.2) is 26.2 Å². The number of hydrogen-bond acceptors (Lipinski definition) is 3. The van der Waals surface area contributed by atoms with E-state index in [9.17, 15) is 9.18 Å². The maximum Gasteiger partial charge on any atom is 0.313 e. The first-order chi connectivity index (χ1) is 8.44. The lowest BCUT2D eigenvalue weighted by molar-refractivity contribution is -0.150. The summed E-state index contributed by atoms with van der Waals surface area (Å²) in [5, 5.41) is 0. The number of ether oxygens (including phenoxy) is 1. The minimum absolute atomic E-state index is 0.239. The van der Waals surface area contributed by atoms with Gasteiger partial charge in [0.05, 0.1) is 12.5 Å². The van der Waals surface area contributed by atoms with Gasteiger partial charge >= 0.3 is 5.97 Å². The van der Waals surface area contributed by atoms with Gasteiger partial charge in [-0.2, -0.15) is 0 Å². The second-order valence-electron chi connectivity index (χ2n) is 5.32. The van der Waals surface area contributed by atoms with Gasteiger partial charge in [-0.25, -0.2) is 4.39 Å². The first-order valence-electron chi connectivity index (χ1n) is 6.06. The number of methoxy groups -OCH3 is 1. The third kappa shape index (κ3) is 2.33. The molecule has 2 rings (SSSR count). The van der Waals surface area contributed by atoms with Crippen LogP contribution in [0.25, 0.3) is 0 Å². The van der Waals surface area contributed by atoms with Crippen molar-refractivity contribution in [1.29, 1.82) is 0 Å². The molecule has 0 saturated heterocycles. The van der Waals surface area contributed by atoms with E-state index in [1.54, 1.807) is 0 Å². The van der Waals surface area contributed by atoms with Crippen LogP contribution in [0.5, 0.6) is 0 Å². The van der Waals surface area contributed by atoms with Crippen LogP contribution in [0.2, 0.25) is 0 Å². The summed E-state index contributed by atoms with van der Waals surface area (Å²) in [6.07, 6.45) is 0.896. The molecule has 0 aromatic heterocycles. The Kier molecular flexibility index (Phi) is 3.28. The Balaban J connectivity index is 2.19. The summed E-state index contributed by atoms with van der Waals surface area (Å²) in [4.78, 5) is 13.7. The standard InChI is InChI=1S/C14H18FNO2/c1-14(2,13(17)18-3)9-16-7-6-10-4-5-11(15)8-12(10)16/h4-5,8H,6-7,9H2,1-3H3. The van der Waals surface area contributed by atoms with Gasteiger partial charge in [0.15, 0.2) is 0 Å². The first-order valence-corrected chi connectivity index (χ1v) is 6.06. The van der Waals surface area contributed by atoms with Crippen LogP contribution in [0.3, 0.4) is 0 Å². The number of benzene rings is 1. The molecule has 1 aliphatic heterocycles. The van der Waals surface area contributed by atoms with E-state index in [0.29, 0.717) is 6.54 Å². The molecule has 0 spiro atoms. The number of carbonyl (C=O) groups is 1. The van der Waals surface area contributed by atoms with Gasteiger partial charge in [0, 0.05) is 18.8 Å². The van der Waals surface area contributed by atoms with Crippen molar-refractivity contribution < 1.29 is 13.9 Å². The van der Waals surface area contributed by atoms with E-state index in [0.717, 1.165) is 24.2 Å². The Morgan fingerprint density at radius 3 is 2.89 bits per heavy atom. The molecule has 0 atom stereocenters. The zero-order valence-electron chi connectivity index (χ0n) is 11.0. The Bertz CT molecular complexity index is 471. The van der Waals surface area contributed by atoms with E-state index in [2.05, 4.69) is 4.90 Å². The largest absolute Gasteiger partial charge is 0.469 e. The quantitative estimate of drug-likeness (QED) is 0.772. The molecule has 3 nitrogen and oxygen atoms in total. The summed E-state index contributed by atoms with van der Waals surface area (Å²) in [5.41, 5.74) is 1.44. The summed E-state index contributed by atoms with van der Waals surface area (Å²) in [6.45, 7) is 5.04. The van der Waals surface area contributed by atoms with Crippen LogP contribution in [-0.2, 0) is 16.0 Å². The third-order valence-electron chi connectivity index (χ3n) is 3.36. The molecule has 1 aromatic rings. The van der Waals surface area contributed by atoms with Gasteiger partial charge in [-0.1, -0.05) is 6.07 Å². The highest BCUT2D eigenvalue weighted by atomic mass is 19.1. The number of fused-ring (bicyclic) bond motifs is 1. The molecule has 1 heterocycles. The second-order valence-corrected chi connectivity index (χ2v) is 5.32. The topological polar surface area (TPSA) is 29.5 Å². The molecule has 4 heteroatoms. The molecule has 0 N–H and O–H groups in total. The van der Waals surface area contributed by atoms with Gasteiger partial charge < -0.3 is 9.64 Å². The fraction of sp³-hybridized carbons (Fsp3) is 0.500. The van der Waals surface area contributed by atoms with E-state index in [-0.39, 0.29) is 11.8 Å². The van der Waals surface area contributed by atoms with Crippen molar-refractivity contribution in [2.45, 2.75) is 20.3 Å². The van der Waals surface area contributed by atoms with Crippen molar-refractivity contribution in [2.75, 3.05) is 25.1 Å². The molecule has 0 unspecified atom stereocenters. The highest BCUT2D eigenvalue weighted by Gasteiger charge is 2.33. The Morgan fingerprint density at radius 1 is 1.50 bits per heavy atom. The summed E-state index contributed by atoms with van der Waals surface area (Å²) < 4.78 is 18.1. The third-order valence-corrected chi connectivity index (χ3v) is 3.36. The number of halogens is 1. The van der Waals surface area contributed by atoms with Crippen molar-refractivity contribution >= 4 is 11.7 Å². The SMILES string of the molecule is COC(=O)C(C)(C)CN1CCc2ccc(F)cc21. The molecule has 1 aliphatic rings. The molecular formula is C14H18FNO2. The minimum atomic E-state index is -0.595. The average molecular weight is 251 g/mol. The van der Waals surface area contributed by atoms with E-state index in [4.69, 9.17) is 4.74 Å². The molecule has 0 aliphatic carbocycles. The van der Waals surface area contributed by atoms with Gasteiger partial charge in [0.25, 0.3) is 0 Å². The van der Waals surface area contributed by atoms with Crippen LogP contribution in [0.1, 0.15) is 19.4 Å².